The molecule has 1 fully saturated rings. The second-order valence-corrected chi connectivity index (χ2v) is 10.4. The lowest BCUT2D eigenvalue weighted by Gasteiger charge is -2.38. The molecular formula is C28H31N3O3S. The first-order valence-corrected chi connectivity index (χ1v) is 13.4. The number of piperidine rings is 1. The summed E-state index contributed by atoms with van der Waals surface area (Å²) in [6.45, 7) is 2.69. The maximum absolute atomic E-state index is 13.3. The zero-order valence-corrected chi connectivity index (χ0v) is 20.5. The van der Waals surface area contributed by atoms with E-state index in [4.69, 9.17) is 5.14 Å². The van der Waals surface area contributed by atoms with E-state index in [1.807, 2.05) is 83.8 Å². The summed E-state index contributed by atoms with van der Waals surface area (Å²) in [7, 11) is -3.67. The third-order valence-electron chi connectivity index (χ3n) is 6.38. The summed E-state index contributed by atoms with van der Waals surface area (Å²) in [4.78, 5) is 17.7. The molecule has 3 aromatic rings. The van der Waals surface area contributed by atoms with Crippen LogP contribution in [0.5, 0.6) is 0 Å². The van der Waals surface area contributed by atoms with Crippen molar-refractivity contribution in [1.82, 2.24) is 4.90 Å². The highest BCUT2D eigenvalue weighted by molar-refractivity contribution is 7.89. The smallest absolute Gasteiger partial charge is 0.251 e. The molecule has 0 unspecified atom stereocenters. The van der Waals surface area contributed by atoms with Gasteiger partial charge in [0.15, 0.2) is 0 Å². The topological polar surface area (TPSA) is 83.7 Å². The number of para-hydroxylation sites is 1. The van der Waals surface area contributed by atoms with Crippen LogP contribution in [-0.4, -0.2) is 44.9 Å². The molecule has 0 spiro atoms. The van der Waals surface area contributed by atoms with E-state index in [0.29, 0.717) is 0 Å². The Morgan fingerprint density at radius 2 is 1.51 bits per heavy atom. The summed E-state index contributed by atoms with van der Waals surface area (Å²) >= 11 is 0. The molecule has 0 atom stereocenters. The third-order valence-corrected chi connectivity index (χ3v) is 7.31. The van der Waals surface area contributed by atoms with Gasteiger partial charge < -0.3 is 9.80 Å². The lowest BCUT2D eigenvalue weighted by Crippen LogP contribution is -2.47. The number of anilines is 1. The van der Waals surface area contributed by atoms with Gasteiger partial charge in [0.05, 0.1) is 4.90 Å². The van der Waals surface area contributed by atoms with Gasteiger partial charge in [-0.1, -0.05) is 60.7 Å². The van der Waals surface area contributed by atoms with Crippen molar-refractivity contribution in [3.8, 4) is 0 Å². The van der Waals surface area contributed by atoms with E-state index < -0.39 is 10.0 Å². The second kappa shape index (κ2) is 11.4. The third kappa shape index (κ3) is 6.88. The molecule has 2 N–H and O–H groups in total. The maximum atomic E-state index is 13.3. The lowest BCUT2D eigenvalue weighted by atomic mass is 10.0. The van der Waals surface area contributed by atoms with Crippen molar-refractivity contribution in [3.63, 3.8) is 0 Å². The fourth-order valence-electron chi connectivity index (χ4n) is 4.45. The van der Waals surface area contributed by atoms with Crippen LogP contribution in [0.4, 0.5) is 5.69 Å². The Kier molecular flexibility index (Phi) is 8.13. The van der Waals surface area contributed by atoms with Crippen molar-refractivity contribution < 1.29 is 13.2 Å². The number of carbonyl (C=O) groups excluding carboxylic acids is 1. The van der Waals surface area contributed by atoms with Gasteiger partial charge in [0.1, 0.15) is 0 Å². The van der Waals surface area contributed by atoms with Crippen LogP contribution < -0.4 is 10.0 Å². The first kappa shape index (κ1) is 24.9. The zero-order chi connectivity index (χ0) is 24.7. The van der Waals surface area contributed by atoms with Crippen LogP contribution in [0, 0.1) is 0 Å². The van der Waals surface area contributed by atoms with E-state index >= 15 is 0 Å². The number of likely N-dealkylation sites (tertiary alicyclic amines) is 1. The highest BCUT2D eigenvalue weighted by atomic mass is 32.2. The molecule has 1 heterocycles. The number of rotatable bonds is 8. The van der Waals surface area contributed by atoms with E-state index in [1.54, 1.807) is 18.2 Å². The van der Waals surface area contributed by atoms with Gasteiger partial charge in [-0.25, -0.2) is 13.6 Å². The minimum Gasteiger partial charge on any atom is -0.306 e. The normalized spacial score (nSPS) is 15.3. The number of hydrogen-bond donors (Lipinski definition) is 1. The van der Waals surface area contributed by atoms with Crippen molar-refractivity contribution in [1.29, 1.82) is 0 Å². The molecule has 7 heteroatoms. The van der Waals surface area contributed by atoms with E-state index in [1.165, 1.54) is 0 Å². The predicted octanol–water partition coefficient (Wildman–Crippen LogP) is 4.09. The number of nitrogens with two attached hydrogens (primary N) is 1. The largest absolute Gasteiger partial charge is 0.306 e. The van der Waals surface area contributed by atoms with Gasteiger partial charge in [-0.15, -0.1) is 0 Å². The number of nitrogens with zero attached hydrogens (tertiary/aromatic N) is 2. The molecule has 6 nitrogen and oxygen atoms in total. The summed E-state index contributed by atoms with van der Waals surface area (Å²) in [5, 5.41) is 5.18. The quantitative estimate of drug-likeness (QED) is 0.483. The van der Waals surface area contributed by atoms with Gasteiger partial charge in [0.25, 0.3) is 5.91 Å². The van der Waals surface area contributed by atoms with E-state index in [9.17, 15) is 13.2 Å². The fraction of sp³-hybridized carbons (Fsp3) is 0.250. The standard InChI is InChI=1S/C28H31N3O3S/c29-35(33,34)27-14-11-24(12-15-27)17-20-30-21-18-26(19-22-30)31(25-9-5-2-6-10-25)28(32)16-13-23-7-3-1-4-8-23/h1-16,26H,17-22H2,(H2,29,33,34)/b16-13+. The molecular weight excluding hydrogens is 458 g/mol. The highest BCUT2D eigenvalue weighted by Crippen LogP contribution is 2.25. The van der Waals surface area contributed by atoms with Crippen molar-refractivity contribution in [2.45, 2.75) is 30.2 Å². The lowest BCUT2D eigenvalue weighted by molar-refractivity contribution is -0.114. The van der Waals surface area contributed by atoms with Crippen molar-refractivity contribution in [3.05, 3.63) is 102 Å². The molecule has 4 rings (SSSR count). The summed E-state index contributed by atoms with van der Waals surface area (Å²) < 4.78 is 22.9. The van der Waals surface area contributed by atoms with Crippen molar-refractivity contribution >= 4 is 27.7 Å². The van der Waals surface area contributed by atoms with Crippen LogP contribution in [-0.2, 0) is 21.2 Å². The minimum absolute atomic E-state index is 0.00607. The Bertz CT molecular complexity index is 1240. The van der Waals surface area contributed by atoms with Gasteiger partial charge in [0, 0.05) is 37.4 Å². The van der Waals surface area contributed by atoms with E-state index in [-0.39, 0.29) is 16.8 Å². The van der Waals surface area contributed by atoms with E-state index in [0.717, 1.165) is 55.7 Å². The Morgan fingerprint density at radius 1 is 0.914 bits per heavy atom. The van der Waals surface area contributed by atoms with Crippen LogP contribution in [0.3, 0.4) is 0 Å². The monoisotopic (exact) mass is 489 g/mol. The van der Waals surface area contributed by atoms with Crippen LogP contribution in [0.1, 0.15) is 24.0 Å². The summed E-state index contributed by atoms with van der Waals surface area (Å²) in [5.74, 6) is -0.00607. The molecule has 1 aliphatic rings. The zero-order valence-electron chi connectivity index (χ0n) is 19.7. The maximum Gasteiger partial charge on any atom is 0.251 e. The SMILES string of the molecule is NS(=O)(=O)c1ccc(CCN2CCC(N(C(=O)/C=C/c3ccccc3)c3ccccc3)CC2)cc1. The van der Waals surface area contributed by atoms with E-state index in [2.05, 4.69) is 4.90 Å². The Morgan fingerprint density at radius 3 is 2.11 bits per heavy atom. The molecule has 0 aromatic heterocycles. The number of amides is 1. The van der Waals surface area contributed by atoms with Gasteiger partial charge in [-0.2, -0.15) is 0 Å². The van der Waals surface area contributed by atoms with Gasteiger partial charge in [-0.05, 0) is 60.7 Å². The molecule has 0 aliphatic carbocycles. The van der Waals surface area contributed by atoms with Gasteiger partial charge in [-0.3, -0.25) is 4.79 Å². The number of sulfonamides is 1. The van der Waals surface area contributed by atoms with Crippen LogP contribution in [0.2, 0.25) is 0 Å². The molecule has 35 heavy (non-hydrogen) atoms. The molecule has 0 bridgehead atoms. The summed E-state index contributed by atoms with van der Waals surface area (Å²) in [5.41, 5.74) is 3.00. The molecule has 1 amide bonds. The first-order valence-electron chi connectivity index (χ1n) is 11.9. The summed E-state index contributed by atoms with van der Waals surface area (Å²) in [6.07, 6.45) is 6.15. The first-order chi connectivity index (χ1) is 16.9. The number of benzene rings is 3. The van der Waals surface area contributed by atoms with Crippen LogP contribution >= 0.6 is 0 Å². The van der Waals surface area contributed by atoms with Crippen molar-refractivity contribution in [2.75, 3.05) is 24.5 Å². The summed E-state index contributed by atoms with van der Waals surface area (Å²) in [6, 6.07) is 26.6. The molecule has 1 saturated heterocycles. The van der Waals surface area contributed by atoms with Crippen LogP contribution in [0.15, 0.2) is 95.9 Å². The molecule has 1 aliphatic heterocycles. The number of carbonyl (C=O) groups is 1. The number of hydrogen-bond acceptors (Lipinski definition) is 4. The highest BCUT2D eigenvalue weighted by Gasteiger charge is 2.28. The van der Waals surface area contributed by atoms with Gasteiger partial charge >= 0.3 is 0 Å². The van der Waals surface area contributed by atoms with Gasteiger partial charge in [0.2, 0.25) is 10.0 Å². The Balaban J connectivity index is 1.37. The molecule has 0 saturated carbocycles. The molecule has 182 valence electrons. The fourth-order valence-corrected chi connectivity index (χ4v) is 4.97. The molecule has 0 radical (unpaired) electrons. The second-order valence-electron chi connectivity index (χ2n) is 8.80. The molecule has 3 aromatic carbocycles. The average Bonchev–Trinajstić information content (AvgIpc) is 2.88. The predicted molar refractivity (Wildman–Crippen MR) is 140 cm³/mol. The Hall–Kier alpha value is -3.26. The van der Waals surface area contributed by atoms with Crippen LogP contribution in [0.25, 0.3) is 6.08 Å². The average molecular weight is 490 g/mol. The van der Waals surface area contributed by atoms with Crippen molar-refractivity contribution in [2.24, 2.45) is 5.14 Å². The Labute approximate surface area is 207 Å². The number of primary sulfonamides is 1. The minimum atomic E-state index is -3.67.